The average Bonchev–Trinajstić information content (AvgIpc) is 2.38. The fourth-order valence-corrected chi connectivity index (χ4v) is 2.11. The molecule has 2 rings (SSSR count). The minimum atomic E-state index is -0.327. The molecular formula is C16H17ClFN. The molecular weight excluding hydrogens is 261 g/mol. The van der Waals surface area contributed by atoms with Gasteiger partial charge >= 0.3 is 0 Å². The molecule has 0 aromatic heterocycles. The van der Waals surface area contributed by atoms with Crippen LogP contribution in [0.4, 0.5) is 10.1 Å². The second kappa shape index (κ2) is 6.07. The van der Waals surface area contributed by atoms with Crippen molar-refractivity contribution < 1.29 is 4.39 Å². The molecule has 0 saturated heterocycles. The van der Waals surface area contributed by atoms with E-state index in [4.69, 9.17) is 11.6 Å². The number of para-hydroxylation sites is 1. The molecule has 19 heavy (non-hydrogen) atoms. The highest BCUT2D eigenvalue weighted by Gasteiger charge is 2.06. The standard InChI is InChI=1S/C16H17ClFN/c1-11(2)13-8-6-12(7-9-13)10-19-16-14(17)4-3-5-15(16)18/h3-9,11,19H,10H2,1-2H3. The van der Waals surface area contributed by atoms with Gasteiger partial charge in [0, 0.05) is 6.54 Å². The van der Waals surface area contributed by atoms with Crippen LogP contribution in [0, 0.1) is 5.82 Å². The second-order valence-corrected chi connectivity index (χ2v) is 5.25. The van der Waals surface area contributed by atoms with E-state index in [1.54, 1.807) is 12.1 Å². The Kier molecular flexibility index (Phi) is 4.43. The van der Waals surface area contributed by atoms with E-state index < -0.39 is 0 Å². The van der Waals surface area contributed by atoms with E-state index in [2.05, 4.69) is 43.4 Å². The highest BCUT2D eigenvalue weighted by atomic mass is 35.5. The lowest BCUT2D eigenvalue weighted by atomic mass is 10.0. The highest BCUT2D eigenvalue weighted by Crippen LogP contribution is 2.25. The van der Waals surface area contributed by atoms with Gasteiger partial charge in [-0.05, 0) is 29.2 Å². The van der Waals surface area contributed by atoms with Crippen LogP contribution in [0.2, 0.25) is 5.02 Å². The third-order valence-electron chi connectivity index (χ3n) is 3.08. The normalized spacial score (nSPS) is 10.8. The van der Waals surface area contributed by atoms with Crippen LogP contribution < -0.4 is 5.32 Å². The Morgan fingerprint density at radius 3 is 2.37 bits per heavy atom. The molecule has 3 heteroatoms. The lowest BCUT2D eigenvalue weighted by Crippen LogP contribution is -2.02. The van der Waals surface area contributed by atoms with Gasteiger partial charge in [-0.25, -0.2) is 4.39 Å². The summed E-state index contributed by atoms with van der Waals surface area (Å²) < 4.78 is 13.6. The maximum atomic E-state index is 13.6. The van der Waals surface area contributed by atoms with Gasteiger partial charge in [0.15, 0.2) is 0 Å². The number of halogens is 2. The van der Waals surface area contributed by atoms with Gasteiger partial charge in [0.25, 0.3) is 0 Å². The zero-order chi connectivity index (χ0) is 13.8. The first kappa shape index (κ1) is 13.9. The Balaban J connectivity index is 2.06. The third kappa shape index (κ3) is 3.48. The fourth-order valence-electron chi connectivity index (χ4n) is 1.88. The first-order valence-corrected chi connectivity index (χ1v) is 6.72. The molecule has 1 N–H and O–H groups in total. The molecule has 0 atom stereocenters. The van der Waals surface area contributed by atoms with Gasteiger partial charge in [0.05, 0.1) is 10.7 Å². The molecule has 0 fully saturated rings. The summed E-state index contributed by atoms with van der Waals surface area (Å²) in [7, 11) is 0. The van der Waals surface area contributed by atoms with E-state index in [9.17, 15) is 4.39 Å². The summed E-state index contributed by atoms with van der Waals surface area (Å²) in [5, 5.41) is 3.44. The van der Waals surface area contributed by atoms with Crippen molar-refractivity contribution in [2.24, 2.45) is 0 Å². The number of hydrogen-bond acceptors (Lipinski definition) is 1. The lowest BCUT2D eigenvalue weighted by Gasteiger charge is -2.11. The van der Waals surface area contributed by atoms with Crippen LogP contribution in [0.5, 0.6) is 0 Å². The van der Waals surface area contributed by atoms with Crippen molar-refractivity contribution in [2.75, 3.05) is 5.32 Å². The van der Waals surface area contributed by atoms with E-state index in [0.717, 1.165) is 5.56 Å². The molecule has 0 aliphatic carbocycles. The summed E-state index contributed by atoms with van der Waals surface area (Å²) in [4.78, 5) is 0. The van der Waals surface area contributed by atoms with Crippen molar-refractivity contribution in [3.63, 3.8) is 0 Å². The highest BCUT2D eigenvalue weighted by molar-refractivity contribution is 6.33. The van der Waals surface area contributed by atoms with Gasteiger partial charge in [-0.2, -0.15) is 0 Å². The molecule has 0 radical (unpaired) electrons. The fraction of sp³-hybridized carbons (Fsp3) is 0.250. The number of nitrogens with one attached hydrogen (secondary N) is 1. The molecule has 0 saturated carbocycles. The second-order valence-electron chi connectivity index (χ2n) is 4.85. The van der Waals surface area contributed by atoms with Gasteiger partial charge in [-0.1, -0.05) is 55.8 Å². The third-order valence-corrected chi connectivity index (χ3v) is 3.39. The number of anilines is 1. The smallest absolute Gasteiger partial charge is 0.147 e. The Hall–Kier alpha value is -1.54. The molecule has 2 aromatic carbocycles. The van der Waals surface area contributed by atoms with Gasteiger partial charge in [0.1, 0.15) is 5.82 Å². The van der Waals surface area contributed by atoms with Crippen LogP contribution in [-0.4, -0.2) is 0 Å². The number of benzene rings is 2. The Labute approximate surface area is 118 Å². The van der Waals surface area contributed by atoms with Crippen LogP contribution in [0.1, 0.15) is 30.9 Å². The summed E-state index contributed by atoms with van der Waals surface area (Å²) in [6.45, 7) is 4.87. The molecule has 0 amide bonds. The molecule has 0 unspecified atom stereocenters. The summed E-state index contributed by atoms with van der Waals surface area (Å²) in [6.07, 6.45) is 0. The van der Waals surface area contributed by atoms with Crippen LogP contribution in [0.15, 0.2) is 42.5 Å². The lowest BCUT2D eigenvalue weighted by molar-refractivity contribution is 0.630. The number of rotatable bonds is 4. The SMILES string of the molecule is CC(C)c1ccc(CNc2c(F)cccc2Cl)cc1. The zero-order valence-corrected chi connectivity index (χ0v) is 11.8. The van der Waals surface area contributed by atoms with Gasteiger partial charge in [-0.3, -0.25) is 0 Å². The van der Waals surface area contributed by atoms with Crippen molar-refractivity contribution in [2.45, 2.75) is 26.3 Å². The van der Waals surface area contributed by atoms with Crippen LogP contribution in [0.25, 0.3) is 0 Å². The van der Waals surface area contributed by atoms with Crippen LogP contribution in [-0.2, 0) is 6.54 Å². The largest absolute Gasteiger partial charge is 0.377 e. The van der Waals surface area contributed by atoms with Gasteiger partial charge < -0.3 is 5.32 Å². The summed E-state index contributed by atoms with van der Waals surface area (Å²) in [5.41, 5.74) is 2.76. The maximum absolute atomic E-state index is 13.6. The zero-order valence-electron chi connectivity index (χ0n) is 11.1. The van der Waals surface area contributed by atoms with E-state index in [-0.39, 0.29) is 5.82 Å². The van der Waals surface area contributed by atoms with Crippen LogP contribution in [0.3, 0.4) is 0 Å². The molecule has 0 bridgehead atoms. The summed E-state index contributed by atoms with van der Waals surface area (Å²) >= 11 is 5.96. The summed E-state index contributed by atoms with van der Waals surface area (Å²) in [6, 6.07) is 13.0. The minimum absolute atomic E-state index is 0.327. The van der Waals surface area contributed by atoms with Crippen molar-refractivity contribution in [3.8, 4) is 0 Å². The van der Waals surface area contributed by atoms with E-state index in [1.807, 2.05) is 0 Å². The maximum Gasteiger partial charge on any atom is 0.147 e. The molecule has 2 aromatic rings. The van der Waals surface area contributed by atoms with Crippen molar-refractivity contribution in [3.05, 3.63) is 64.4 Å². The topological polar surface area (TPSA) is 12.0 Å². The van der Waals surface area contributed by atoms with Crippen molar-refractivity contribution in [1.82, 2.24) is 0 Å². The van der Waals surface area contributed by atoms with Crippen molar-refractivity contribution >= 4 is 17.3 Å². The molecule has 0 heterocycles. The van der Waals surface area contributed by atoms with E-state index >= 15 is 0 Å². The monoisotopic (exact) mass is 277 g/mol. The average molecular weight is 278 g/mol. The predicted molar refractivity (Wildman–Crippen MR) is 79.3 cm³/mol. The number of hydrogen-bond donors (Lipinski definition) is 1. The van der Waals surface area contributed by atoms with Crippen molar-refractivity contribution in [1.29, 1.82) is 0 Å². The van der Waals surface area contributed by atoms with Crippen LogP contribution >= 0.6 is 11.6 Å². The van der Waals surface area contributed by atoms with E-state index in [1.165, 1.54) is 11.6 Å². The van der Waals surface area contributed by atoms with Gasteiger partial charge in [-0.15, -0.1) is 0 Å². The molecule has 1 nitrogen and oxygen atoms in total. The molecule has 100 valence electrons. The first-order chi connectivity index (χ1) is 9.08. The minimum Gasteiger partial charge on any atom is -0.377 e. The quantitative estimate of drug-likeness (QED) is 0.808. The Morgan fingerprint density at radius 1 is 1.11 bits per heavy atom. The molecule has 0 spiro atoms. The Morgan fingerprint density at radius 2 is 1.79 bits per heavy atom. The molecule has 0 aliphatic heterocycles. The Bertz CT molecular complexity index is 529. The predicted octanol–water partition coefficient (Wildman–Crippen LogP) is 5.21. The van der Waals surface area contributed by atoms with E-state index in [0.29, 0.717) is 23.2 Å². The summed E-state index contributed by atoms with van der Waals surface area (Å²) in [5.74, 6) is 0.189. The molecule has 0 aliphatic rings. The first-order valence-electron chi connectivity index (χ1n) is 6.34. The van der Waals surface area contributed by atoms with Gasteiger partial charge in [0.2, 0.25) is 0 Å².